The van der Waals surface area contributed by atoms with Crippen LogP contribution >= 0.6 is 0 Å². The highest BCUT2D eigenvalue weighted by Gasteiger charge is 2.24. The van der Waals surface area contributed by atoms with Crippen LogP contribution in [0.3, 0.4) is 0 Å². The molecule has 1 aliphatic heterocycles. The first-order valence-corrected chi connectivity index (χ1v) is 9.63. The van der Waals surface area contributed by atoms with Crippen molar-refractivity contribution in [2.75, 3.05) is 23.4 Å². The topological polar surface area (TPSA) is 68.1 Å². The molecule has 0 unspecified atom stereocenters. The van der Waals surface area contributed by atoms with Gasteiger partial charge in [0.1, 0.15) is 12.4 Å². The van der Waals surface area contributed by atoms with E-state index in [1.54, 1.807) is 35.4 Å². The van der Waals surface area contributed by atoms with Gasteiger partial charge in [-0.05, 0) is 44.5 Å². The van der Waals surface area contributed by atoms with Gasteiger partial charge in [0, 0.05) is 17.6 Å². The fourth-order valence-corrected chi connectivity index (χ4v) is 3.41. The van der Waals surface area contributed by atoms with E-state index < -0.39 is 0 Å². The molecule has 0 radical (unpaired) electrons. The van der Waals surface area contributed by atoms with Gasteiger partial charge in [-0.25, -0.2) is 14.4 Å². The van der Waals surface area contributed by atoms with E-state index in [0.717, 1.165) is 17.0 Å². The second-order valence-electron chi connectivity index (χ2n) is 7.05. The number of hydrogen-bond acceptors (Lipinski definition) is 6. The molecule has 0 bridgehead atoms. The van der Waals surface area contributed by atoms with Crippen LogP contribution in [0.4, 0.5) is 21.8 Å². The highest BCUT2D eigenvalue weighted by Crippen LogP contribution is 2.34. The maximum absolute atomic E-state index is 14.6. The summed E-state index contributed by atoms with van der Waals surface area (Å²) < 4.78 is 22.0. The Bertz CT molecular complexity index is 1140. The summed E-state index contributed by atoms with van der Waals surface area (Å²) in [4.78, 5) is 15.1. The first kappa shape index (κ1) is 19.6. The normalized spacial score (nSPS) is 13.6. The Balaban J connectivity index is 1.62. The van der Waals surface area contributed by atoms with E-state index >= 15 is 0 Å². The van der Waals surface area contributed by atoms with Crippen molar-refractivity contribution in [1.29, 1.82) is 0 Å². The Labute approximate surface area is 174 Å². The zero-order valence-corrected chi connectivity index (χ0v) is 17.2. The van der Waals surface area contributed by atoms with Gasteiger partial charge in [0.25, 0.3) is 0 Å². The molecule has 3 aromatic rings. The van der Waals surface area contributed by atoms with Gasteiger partial charge in [-0.2, -0.15) is 4.98 Å². The van der Waals surface area contributed by atoms with Crippen LogP contribution in [0.2, 0.25) is 0 Å². The lowest BCUT2D eigenvalue weighted by Gasteiger charge is -2.32. The highest BCUT2D eigenvalue weighted by molar-refractivity contribution is 5.64. The van der Waals surface area contributed by atoms with Gasteiger partial charge in [0.2, 0.25) is 5.95 Å². The quantitative estimate of drug-likeness (QED) is 0.628. The summed E-state index contributed by atoms with van der Waals surface area (Å²) in [7, 11) is 0. The van der Waals surface area contributed by atoms with Gasteiger partial charge in [-0.15, -0.1) is 0 Å². The Morgan fingerprint density at radius 2 is 2.17 bits per heavy atom. The van der Waals surface area contributed by atoms with Crippen LogP contribution in [0.15, 0.2) is 60.8 Å². The van der Waals surface area contributed by atoms with E-state index in [1.807, 2.05) is 26.8 Å². The predicted molar refractivity (Wildman–Crippen MR) is 115 cm³/mol. The van der Waals surface area contributed by atoms with E-state index in [-0.39, 0.29) is 5.82 Å². The summed E-state index contributed by atoms with van der Waals surface area (Å²) in [6.07, 6.45) is 6.98. The molecule has 0 atom stereocenters. The molecule has 7 nitrogen and oxygen atoms in total. The fraction of sp³-hybridized carbons (Fsp3) is 0.227. The minimum atomic E-state index is -0.376. The molecule has 8 heteroatoms. The Hall–Kier alpha value is -3.68. The Morgan fingerprint density at radius 1 is 1.33 bits per heavy atom. The molecule has 0 saturated heterocycles. The third kappa shape index (κ3) is 3.76. The average molecular weight is 406 g/mol. The molecule has 1 aromatic carbocycles. The molecule has 30 heavy (non-hydrogen) atoms. The van der Waals surface area contributed by atoms with Crippen molar-refractivity contribution in [3.63, 3.8) is 0 Å². The van der Waals surface area contributed by atoms with Crippen molar-refractivity contribution in [2.45, 2.75) is 20.8 Å². The van der Waals surface area contributed by atoms with Gasteiger partial charge < -0.3 is 19.5 Å². The largest absolute Gasteiger partial charge is 0.486 e. The highest BCUT2D eigenvalue weighted by atomic mass is 19.1. The molecular formula is C22H23FN6O. The van der Waals surface area contributed by atoms with Crippen molar-refractivity contribution >= 4 is 17.5 Å². The first-order chi connectivity index (χ1) is 14.5. The van der Waals surface area contributed by atoms with Crippen LogP contribution in [0.25, 0.3) is 5.69 Å². The van der Waals surface area contributed by atoms with Crippen LogP contribution in [0, 0.1) is 12.7 Å². The molecule has 3 heterocycles. The number of nitrogens with zero attached hydrogens (tertiary/aromatic N) is 5. The third-order valence-electron chi connectivity index (χ3n) is 4.76. The number of halogens is 1. The van der Waals surface area contributed by atoms with Crippen molar-refractivity contribution in [2.24, 2.45) is 0 Å². The molecule has 1 N–H and O–H groups in total. The summed E-state index contributed by atoms with van der Waals surface area (Å²) in [6, 6.07) is 4.87. The maximum atomic E-state index is 14.6. The molecule has 0 amide bonds. The molecular weight excluding hydrogens is 383 g/mol. The summed E-state index contributed by atoms with van der Waals surface area (Å²) in [5, 5.41) is 3.07. The third-order valence-corrected chi connectivity index (χ3v) is 4.76. The van der Waals surface area contributed by atoms with Crippen LogP contribution in [0.5, 0.6) is 5.75 Å². The molecule has 0 saturated carbocycles. The minimum absolute atomic E-state index is 0.354. The molecule has 0 fully saturated rings. The summed E-state index contributed by atoms with van der Waals surface area (Å²) >= 11 is 0. The summed E-state index contributed by atoms with van der Waals surface area (Å²) in [6.45, 7) is 11.0. The number of ether oxygens (including phenoxy) is 1. The van der Waals surface area contributed by atoms with Crippen molar-refractivity contribution in [3.05, 3.63) is 72.4 Å². The number of aromatic nitrogens is 4. The van der Waals surface area contributed by atoms with E-state index in [0.29, 0.717) is 42.0 Å². The molecule has 2 aromatic heterocycles. The maximum Gasteiger partial charge on any atom is 0.229 e. The number of nitrogens with one attached hydrogen (secondary N) is 1. The van der Waals surface area contributed by atoms with Gasteiger partial charge in [0.15, 0.2) is 11.6 Å². The van der Waals surface area contributed by atoms with E-state index in [4.69, 9.17) is 4.74 Å². The monoisotopic (exact) mass is 406 g/mol. The summed E-state index contributed by atoms with van der Waals surface area (Å²) in [5.41, 5.74) is 3.70. The lowest BCUT2D eigenvalue weighted by atomic mass is 10.2. The van der Waals surface area contributed by atoms with E-state index in [9.17, 15) is 4.39 Å². The molecule has 4 rings (SSSR count). The first-order valence-electron chi connectivity index (χ1n) is 9.63. The average Bonchev–Trinajstić information content (AvgIpc) is 3.14. The molecule has 1 aliphatic rings. The predicted octanol–water partition coefficient (Wildman–Crippen LogP) is 4.53. The zero-order chi connectivity index (χ0) is 21.3. The number of benzene rings is 1. The standard InChI is InChI=1S/C22H23FN6O/c1-5-18(14(2)3)29-8-9-30-20-11-24-22(27-21(20)29)26-16-6-7-19(17(23)10-16)28-12-15(4)25-13-28/h5-7,10-13H,2,8-9H2,1,3-4H3,(H,24,26,27). The van der Waals surface area contributed by atoms with Gasteiger partial charge in [-0.3, -0.25) is 0 Å². The lowest BCUT2D eigenvalue weighted by molar-refractivity contribution is 0.308. The number of anilines is 3. The fourth-order valence-electron chi connectivity index (χ4n) is 3.41. The number of hydrogen-bond donors (Lipinski definition) is 1. The Kier molecular flexibility index (Phi) is 5.22. The second kappa shape index (κ2) is 7.98. The van der Waals surface area contributed by atoms with Gasteiger partial charge in [0.05, 0.1) is 30.5 Å². The van der Waals surface area contributed by atoms with Crippen molar-refractivity contribution in [3.8, 4) is 11.4 Å². The van der Waals surface area contributed by atoms with E-state index in [2.05, 4.69) is 31.7 Å². The van der Waals surface area contributed by atoms with Crippen LogP contribution in [0.1, 0.15) is 19.5 Å². The number of imidazole rings is 1. The van der Waals surface area contributed by atoms with Crippen molar-refractivity contribution < 1.29 is 9.13 Å². The number of allylic oxidation sites excluding steroid dienone is 2. The zero-order valence-electron chi connectivity index (χ0n) is 17.2. The van der Waals surface area contributed by atoms with Gasteiger partial charge in [-0.1, -0.05) is 12.7 Å². The van der Waals surface area contributed by atoms with Crippen molar-refractivity contribution in [1.82, 2.24) is 19.5 Å². The molecule has 0 spiro atoms. The SMILES string of the molecule is C=C(C)C(=CC)N1CCOc2cnc(Nc3ccc(-n4cnc(C)c4)c(F)c3)nc21. The number of aryl methyl sites for hydroxylation is 1. The number of fused-ring (bicyclic) bond motifs is 1. The van der Waals surface area contributed by atoms with Crippen LogP contribution in [-0.4, -0.2) is 32.7 Å². The minimum Gasteiger partial charge on any atom is -0.486 e. The summed E-state index contributed by atoms with van der Waals surface area (Å²) in [5.74, 6) is 1.23. The lowest BCUT2D eigenvalue weighted by Crippen LogP contribution is -2.33. The van der Waals surface area contributed by atoms with Gasteiger partial charge >= 0.3 is 0 Å². The van der Waals surface area contributed by atoms with E-state index in [1.165, 1.54) is 6.07 Å². The van der Waals surface area contributed by atoms with Crippen LogP contribution in [-0.2, 0) is 0 Å². The smallest absolute Gasteiger partial charge is 0.229 e. The molecule has 0 aliphatic carbocycles. The number of rotatable bonds is 5. The Morgan fingerprint density at radius 3 is 2.83 bits per heavy atom. The second-order valence-corrected chi connectivity index (χ2v) is 7.05. The molecule has 154 valence electrons. The van der Waals surface area contributed by atoms with Crippen LogP contribution < -0.4 is 15.0 Å².